The first-order valence-corrected chi connectivity index (χ1v) is 9.91. The second-order valence-corrected chi connectivity index (χ2v) is 7.36. The summed E-state index contributed by atoms with van der Waals surface area (Å²) in [5.74, 6) is 0.735. The Labute approximate surface area is 166 Å². The van der Waals surface area contributed by atoms with Crippen molar-refractivity contribution in [3.8, 4) is 0 Å². The lowest BCUT2D eigenvalue weighted by atomic mass is 10.3. The highest BCUT2D eigenvalue weighted by Gasteiger charge is 2.11. The Morgan fingerprint density at radius 2 is 2.11 bits per heavy atom. The van der Waals surface area contributed by atoms with Gasteiger partial charge in [0.25, 0.3) is 5.91 Å². The zero-order chi connectivity index (χ0) is 19.3. The van der Waals surface area contributed by atoms with Crippen molar-refractivity contribution in [3.05, 3.63) is 64.1 Å². The number of hydrogen-bond acceptors (Lipinski definition) is 6. The van der Waals surface area contributed by atoms with Crippen LogP contribution < -0.4 is 10.6 Å². The standard InChI is InChI=1S/C19H21N7OS/c1-26-9-7-13(25-26)10-21-19(27)16-12-28-18(24-16)6-8-20-11-17-22-14-4-2-3-5-15(14)23-17/h2-5,7,9,12,20H,6,8,10-11H2,1H3,(H,21,27)(H,22,23). The predicted molar refractivity (Wildman–Crippen MR) is 108 cm³/mol. The van der Waals surface area contributed by atoms with Gasteiger partial charge in [0, 0.05) is 31.6 Å². The smallest absolute Gasteiger partial charge is 0.271 e. The molecular weight excluding hydrogens is 374 g/mol. The SMILES string of the molecule is Cn1ccc(CNC(=O)c2csc(CCNCc3nc4ccccc4[nH]3)n2)n1. The van der Waals surface area contributed by atoms with Gasteiger partial charge in [-0.05, 0) is 18.2 Å². The number of nitrogens with one attached hydrogen (secondary N) is 3. The van der Waals surface area contributed by atoms with Gasteiger partial charge in [0.15, 0.2) is 0 Å². The molecule has 9 heteroatoms. The van der Waals surface area contributed by atoms with E-state index in [1.807, 2.05) is 43.6 Å². The number of carbonyl (C=O) groups is 1. The first kappa shape index (κ1) is 18.3. The van der Waals surface area contributed by atoms with E-state index in [1.54, 1.807) is 10.1 Å². The molecule has 3 aromatic heterocycles. The summed E-state index contributed by atoms with van der Waals surface area (Å²) in [5.41, 5.74) is 3.29. The Morgan fingerprint density at radius 3 is 2.93 bits per heavy atom. The summed E-state index contributed by atoms with van der Waals surface area (Å²) in [6.45, 7) is 1.82. The third-order valence-electron chi connectivity index (χ3n) is 4.23. The van der Waals surface area contributed by atoms with Crippen molar-refractivity contribution in [3.63, 3.8) is 0 Å². The van der Waals surface area contributed by atoms with E-state index in [1.165, 1.54) is 11.3 Å². The van der Waals surface area contributed by atoms with Gasteiger partial charge in [-0.2, -0.15) is 5.10 Å². The summed E-state index contributed by atoms with van der Waals surface area (Å²) < 4.78 is 1.71. The van der Waals surface area contributed by atoms with E-state index >= 15 is 0 Å². The lowest BCUT2D eigenvalue weighted by Gasteiger charge is -2.01. The number of imidazole rings is 1. The third-order valence-corrected chi connectivity index (χ3v) is 5.14. The molecule has 0 atom stereocenters. The van der Waals surface area contributed by atoms with Crippen LogP contribution in [0.4, 0.5) is 0 Å². The van der Waals surface area contributed by atoms with Gasteiger partial charge in [0.2, 0.25) is 0 Å². The average Bonchev–Trinajstić information content (AvgIpc) is 3.42. The summed E-state index contributed by atoms with van der Waals surface area (Å²) in [7, 11) is 1.85. The summed E-state index contributed by atoms with van der Waals surface area (Å²) in [5, 5.41) is 13.2. The molecule has 0 spiro atoms. The summed E-state index contributed by atoms with van der Waals surface area (Å²) in [4.78, 5) is 24.5. The van der Waals surface area contributed by atoms with E-state index in [2.05, 4.69) is 30.7 Å². The Hall–Kier alpha value is -3.04. The molecule has 0 saturated heterocycles. The maximum absolute atomic E-state index is 12.2. The molecule has 1 amide bonds. The van der Waals surface area contributed by atoms with E-state index in [9.17, 15) is 4.79 Å². The number of aromatic nitrogens is 5. The number of nitrogens with zero attached hydrogens (tertiary/aromatic N) is 4. The highest BCUT2D eigenvalue weighted by Crippen LogP contribution is 2.11. The van der Waals surface area contributed by atoms with Gasteiger partial charge in [-0.3, -0.25) is 9.48 Å². The van der Waals surface area contributed by atoms with Crippen LogP contribution in [0.5, 0.6) is 0 Å². The highest BCUT2D eigenvalue weighted by atomic mass is 32.1. The average molecular weight is 395 g/mol. The Bertz CT molecular complexity index is 1050. The van der Waals surface area contributed by atoms with Gasteiger partial charge in [-0.1, -0.05) is 12.1 Å². The molecule has 0 aliphatic heterocycles. The summed E-state index contributed by atoms with van der Waals surface area (Å²) in [6.07, 6.45) is 2.61. The van der Waals surface area contributed by atoms with Crippen LogP contribution in [0.3, 0.4) is 0 Å². The monoisotopic (exact) mass is 395 g/mol. The minimum atomic E-state index is -0.177. The molecule has 0 fully saturated rings. The Kier molecular flexibility index (Phi) is 5.45. The molecule has 0 aliphatic rings. The van der Waals surface area contributed by atoms with E-state index in [0.717, 1.165) is 40.5 Å². The number of amides is 1. The van der Waals surface area contributed by atoms with Gasteiger partial charge >= 0.3 is 0 Å². The normalized spacial score (nSPS) is 11.2. The fraction of sp³-hybridized carbons (Fsp3) is 0.263. The molecule has 0 saturated carbocycles. The van der Waals surface area contributed by atoms with Crippen LogP contribution in [0.25, 0.3) is 11.0 Å². The van der Waals surface area contributed by atoms with Gasteiger partial charge in [-0.25, -0.2) is 9.97 Å². The number of carbonyl (C=O) groups excluding carboxylic acids is 1. The fourth-order valence-corrected chi connectivity index (χ4v) is 3.62. The first-order valence-electron chi connectivity index (χ1n) is 9.03. The second-order valence-electron chi connectivity index (χ2n) is 6.42. The minimum absolute atomic E-state index is 0.177. The number of benzene rings is 1. The van der Waals surface area contributed by atoms with Crippen LogP contribution in [0.1, 0.15) is 27.0 Å². The lowest BCUT2D eigenvalue weighted by Crippen LogP contribution is -2.23. The molecule has 3 N–H and O–H groups in total. The predicted octanol–water partition coefficient (Wildman–Crippen LogP) is 2.02. The molecule has 0 bridgehead atoms. The molecule has 28 heavy (non-hydrogen) atoms. The third kappa shape index (κ3) is 4.44. The second kappa shape index (κ2) is 8.32. The molecule has 4 rings (SSSR count). The molecule has 8 nitrogen and oxygen atoms in total. The maximum Gasteiger partial charge on any atom is 0.271 e. The van der Waals surface area contributed by atoms with Crippen molar-refractivity contribution in [2.24, 2.45) is 7.05 Å². The topological polar surface area (TPSA) is 101 Å². The fourth-order valence-electron chi connectivity index (χ4n) is 2.84. The molecule has 1 aromatic carbocycles. The zero-order valence-electron chi connectivity index (χ0n) is 15.5. The lowest BCUT2D eigenvalue weighted by molar-refractivity contribution is 0.0946. The molecule has 3 heterocycles. The van der Waals surface area contributed by atoms with Gasteiger partial charge < -0.3 is 15.6 Å². The molecular formula is C19H21N7OS. The number of thiazole rings is 1. The zero-order valence-corrected chi connectivity index (χ0v) is 16.3. The first-order chi connectivity index (χ1) is 13.7. The van der Waals surface area contributed by atoms with Crippen LogP contribution in [-0.2, 0) is 26.6 Å². The molecule has 0 unspecified atom stereocenters. The van der Waals surface area contributed by atoms with Crippen LogP contribution in [-0.4, -0.2) is 37.2 Å². The van der Waals surface area contributed by atoms with Crippen molar-refractivity contribution in [1.29, 1.82) is 0 Å². The van der Waals surface area contributed by atoms with Crippen LogP contribution in [0.2, 0.25) is 0 Å². The van der Waals surface area contributed by atoms with Crippen LogP contribution in [0.15, 0.2) is 41.9 Å². The van der Waals surface area contributed by atoms with E-state index in [4.69, 9.17) is 0 Å². The van der Waals surface area contributed by atoms with Crippen LogP contribution in [0, 0.1) is 0 Å². The number of rotatable bonds is 8. The Morgan fingerprint density at radius 1 is 1.21 bits per heavy atom. The largest absolute Gasteiger partial charge is 0.345 e. The molecule has 144 valence electrons. The van der Waals surface area contributed by atoms with Gasteiger partial charge in [-0.15, -0.1) is 11.3 Å². The quantitative estimate of drug-likeness (QED) is 0.396. The number of H-pyrrole nitrogens is 1. The van der Waals surface area contributed by atoms with E-state index in [0.29, 0.717) is 18.8 Å². The van der Waals surface area contributed by atoms with Crippen molar-refractivity contribution < 1.29 is 4.79 Å². The summed E-state index contributed by atoms with van der Waals surface area (Å²) >= 11 is 1.50. The maximum atomic E-state index is 12.2. The van der Waals surface area contributed by atoms with Crippen molar-refractivity contribution in [2.45, 2.75) is 19.5 Å². The van der Waals surface area contributed by atoms with E-state index < -0.39 is 0 Å². The van der Waals surface area contributed by atoms with Crippen LogP contribution >= 0.6 is 11.3 Å². The Balaban J connectivity index is 1.22. The number of fused-ring (bicyclic) bond motifs is 1. The van der Waals surface area contributed by atoms with Crippen molar-refractivity contribution >= 4 is 28.3 Å². The summed E-state index contributed by atoms with van der Waals surface area (Å²) in [6, 6.07) is 9.85. The van der Waals surface area contributed by atoms with Gasteiger partial charge in [0.1, 0.15) is 11.5 Å². The highest BCUT2D eigenvalue weighted by molar-refractivity contribution is 7.09. The molecule has 0 radical (unpaired) electrons. The molecule has 0 aliphatic carbocycles. The van der Waals surface area contributed by atoms with Crippen molar-refractivity contribution in [2.75, 3.05) is 6.54 Å². The number of para-hydroxylation sites is 2. The number of aryl methyl sites for hydroxylation is 1. The van der Waals surface area contributed by atoms with Crippen molar-refractivity contribution in [1.82, 2.24) is 35.4 Å². The molecule has 4 aromatic rings. The minimum Gasteiger partial charge on any atom is -0.345 e. The number of aromatic amines is 1. The van der Waals surface area contributed by atoms with E-state index in [-0.39, 0.29) is 5.91 Å². The number of hydrogen-bond donors (Lipinski definition) is 3. The van der Waals surface area contributed by atoms with Gasteiger partial charge in [0.05, 0.1) is 34.8 Å².